The van der Waals surface area contributed by atoms with E-state index in [1.807, 2.05) is 91.9 Å². The highest BCUT2D eigenvalue weighted by Crippen LogP contribution is 2.69. The Balaban J connectivity index is 1.67. The number of aromatic hydroxyl groups is 2. The van der Waals surface area contributed by atoms with Crippen LogP contribution in [0.15, 0.2) is 109 Å². The SMILES string of the molecule is CC(c1ccc(O)cc1)(c1ccc2cc(O)ccc2c1)P1(=O)Oc2ccccc2-c2ccccc21. The van der Waals surface area contributed by atoms with Crippen molar-refractivity contribution in [1.29, 1.82) is 0 Å². The van der Waals surface area contributed by atoms with E-state index >= 15 is 4.57 Å². The number of phenols is 2. The van der Waals surface area contributed by atoms with Crippen LogP contribution in [0, 0.1) is 0 Å². The highest BCUT2D eigenvalue weighted by atomic mass is 31.2. The minimum Gasteiger partial charge on any atom is -0.508 e. The van der Waals surface area contributed by atoms with Crippen molar-refractivity contribution in [2.24, 2.45) is 0 Å². The minimum absolute atomic E-state index is 0.138. The lowest BCUT2D eigenvalue weighted by molar-refractivity contribution is 0.461. The first-order chi connectivity index (χ1) is 16.9. The fourth-order valence-electron chi connectivity index (χ4n) is 5.08. The zero-order valence-corrected chi connectivity index (χ0v) is 19.9. The first kappa shape index (κ1) is 21.5. The van der Waals surface area contributed by atoms with E-state index < -0.39 is 12.5 Å². The topological polar surface area (TPSA) is 66.8 Å². The molecule has 5 aromatic carbocycles. The molecule has 0 aromatic heterocycles. The number of para-hydroxylation sites is 1. The average Bonchev–Trinajstić information content (AvgIpc) is 2.88. The van der Waals surface area contributed by atoms with Crippen molar-refractivity contribution in [3.05, 3.63) is 120 Å². The Morgan fingerprint density at radius 2 is 1.26 bits per heavy atom. The fraction of sp³-hybridized carbons (Fsp3) is 0.0667. The number of hydrogen-bond acceptors (Lipinski definition) is 4. The van der Waals surface area contributed by atoms with E-state index in [9.17, 15) is 10.2 Å². The summed E-state index contributed by atoms with van der Waals surface area (Å²) in [7, 11) is -3.64. The maximum Gasteiger partial charge on any atom is 0.292 e. The van der Waals surface area contributed by atoms with Crippen molar-refractivity contribution in [3.63, 3.8) is 0 Å². The quantitative estimate of drug-likeness (QED) is 0.270. The van der Waals surface area contributed by atoms with Gasteiger partial charge in [0, 0.05) is 5.56 Å². The molecule has 1 aliphatic heterocycles. The van der Waals surface area contributed by atoms with Gasteiger partial charge in [-0.1, -0.05) is 66.7 Å². The summed E-state index contributed by atoms with van der Waals surface area (Å²) in [6, 6.07) is 33.3. The van der Waals surface area contributed by atoms with E-state index in [-0.39, 0.29) is 11.5 Å². The lowest BCUT2D eigenvalue weighted by Crippen LogP contribution is -2.34. The van der Waals surface area contributed by atoms with Gasteiger partial charge in [-0.3, -0.25) is 4.57 Å². The summed E-state index contributed by atoms with van der Waals surface area (Å²) in [5.74, 6) is 0.921. The predicted octanol–water partition coefficient (Wildman–Crippen LogP) is 7.18. The smallest absolute Gasteiger partial charge is 0.292 e. The van der Waals surface area contributed by atoms with Crippen LogP contribution < -0.4 is 9.83 Å². The molecule has 35 heavy (non-hydrogen) atoms. The first-order valence-corrected chi connectivity index (χ1v) is 13.0. The van der Waals surface area contributed by atoms with Gasteiger partial charge in [-0.25, -0.2) is 0 Å². The molecule has 0 amide bonds. The van der Waals surface area contributed by atoms with Crippen LogP contribution >= 0.6 is 7.37 Å². The van der Waals surface area contributed by atoms with Gasteiger partial charge in [0.05, 0.1) is 5.30 Å². The summed E-state index contributed by atoms with van der Waals surface area (Å²) < 4.78 is 21.9. The van der Waals surface area contributed by atoms with Crippen LogP contribution in [0.4, 0.5) is 0 Å². The molecule has 4 nitrogen and oxygen atoms in total. The molecule has 0 bridgehead atoms. The van der Waals surface area contributed by atoms with E-state index in [1.165, 1.54) is 0 Å². The molecule has 2 N–H and O–H groups in total. The molecule has 172 valence electrons. The predicted molar refractivity (Wildman–Crippen MR) is 140 cm³/mol. The Morgan fingerprint density at radius 1 is 0.657 bits per heavy atom. The van der Waals surface area contributed by atoms with Crippen molar-refractivity contribution in [2.75, 3.05) is 0 Å². The molecule has 2 atom stereocenters. The summed E-state index contributed by atoms with van der Waals surface area (Å²) in [4.78, 5) is 0. The number of fused-ring (bicyclic) bond motifs is 4. The second-order valence-corrected chi connectivity index (χ2v) is 11.7. The monoisotopic (exact) mass is 478 g/mol. The molecule has 0 aliphatic carbocycles. The highest BCUT2D eigenvalue weighted by molar-refractivity contribution is 7.69. The number of hydrogen-bond donors (Lipinski definition) is 2. The zero-order chi connectivity index (χ0) is 24.2. The van der Waals surface area contributed by atoms with Gasteiger partial charge in [-0.2, -0.15) is 0 Å². The van der Waals surface area contributed by atoms with Gasteiger partial charge in [0.15, 0.2) is 0 Å². The van der Waals surface area contributed by atoms with Gasteiger partial charge in [-0.05, 0) is 76.9 Å². The van der Waals surface area contributed by atoms with Crippen molar-refractivity contribution < 1.29 is 19.3 Å². The fourth-order valence-corrected chi connectivity index (χ4v) is 8.04. The molecule has 5 aromatic rings. The van der Waals surface area contributed by atoms with Crippen molar-refractivity contribution in [3.8, 4) is 28.4 Å². The second kappa shape index (κ2) is 7.76. The number of phenolic OH excluding ortho intramolecular Hbond substituents is 2. The third-order valence-corrected chi connectivity index (χ3v) is 10.2. The Hall–Kier alpha value is -4.01. The van der Waals surface area contributed by atoms with Crippen LogP contribution in [0.5, 0.6) is 17.2 Å². The summed E-state index contributed by atoms with van der Waals surface area (Å²) in [6.45, 7) is 1.95. The van der Waals surface area contributed by atoms with Gasteiger partial charge in [0.2, 0.25) is 0 Å². The maximum absolute atomic E-state index is 15.4. The van der Waals surface area contributed by atoms with Gasteiger partial charge >= 0.3 is 0 Å². The van der Waals surface area contributed by atoms with Crippen LogP contribution in [-0.4, -0.2) is 10.2 Å². The van der Waals surface area contributed by atoms with Crippen LogP contribution in [0.3, 0.4) is 0 Å². The number of rotatable bonds is 3. The Labute approximate surface area is 203 Å². The van der Waals surface area contributed by atoms with Gasteiger partial charge in [-0.15, -0.1) is 0 Å². The van der Waals surface area contributed by atoms with E-state index in [4.69, 9.17) is 4.52 Å². The van der Waals surface area contributed by atoms with E-state index in [2.05, 4.69) is 0 Å². The minimum atomic E-state index is -3.64. The summed E-state index contributed by atoms with van der Waals surface area (Å²) in [6.07, 6.45) is 0. The van der Waals surface area contributed by atoms with E-state index in [1.54, 1.807) is 24.3 Å². The Kier molecular flexibility index (Phi) is 4.77. The molecule has 2 unspecified atom stereocenters. The Bertz CT molecular complexity index is 1640. The van der Waals surface area contributed by atoms with Crippen molar-refractivity contribution in [2.45, 2.75) is 12.1 Å². The van der Waals surface area contributed by atoms with E-state index in [0.29, 0.717) is 11.1 Å². The molecule has 5 heteroatoms. The zero-order valence-electron chi connectivity index (χ0n) is 19.1. The third-order valence-electron chi connectivity index (χ3n) is 7.03. The lowest BCUT2D eigenvalue weighted by Gasteiger charge is -2.41. The molecular formula is C30H23O4P. The summed E-state index contributed by atoms with van der Waals surface area (Å²) in [5, 5.41) is 21.3. The van der Waals surface area contributed by atoms with Crippen LogP contribution in [-0.2, 0) is 9.72 Å². The van der Waals surface area contributed by atoms with Crippen molar-refractivity contribution in [1.82, 2.24) is 0 Å². The van der Waals surface area contributed by atoms with Gasteiger partial charge in [0.25, 0.3) is 7.37 Å². The number of benzene rings is 5. The summed E-state index contributed by atoms with van der Waals surface area (Å²) in [5.41, 5.74) is 3.40. The highest BCUT2D eigenvalue weighted by Gasteiger charge is 2.53. The van der Waals surface area contributed by atoms with Crippen LogP contribution in [0.1, 0.15) is 18.1 Å². The third kappa shape index (κ3) is 3.18. The van der Waals surface area contributed by atoms with E-state index in [0.717, 1.165) is 33.0 Å². The largest absolute Gasteiger partial charge is 0.508 e. The molecule has 0 radical (unpaired) electrons. The van der Waals surface area contributed by atoms with Gasteiger partial charge < -0.3 is 14.7 Å². The Morgan fingerprint density at radius 3 is 2.06 bits per heavy atom. The lowest BCUT2D eigenvalue weighted by atomic mass is 9.90. The molecule has 0 spiro atoms. The average molecular weight is 478 g/mol. The maximum atomic E-state index is 15.4. The van der Waals surface area contributed by atoms with Crippen LogP contribution in [0.2, 0.25) is 0 Å². The molecule has 0 saturated heterocycles. The first-order valence-electron chi connectivity index (χ1n) is 11.4. The molecule has 1 aliphatic rings. The van der Waals surface area contributed by atoms with Crippen molar-refractivity contribution >= 4 is 23.4 Å². The van der Waals surface area contributed by atoms with Crippen LogP contribution in [0.25, 0.3) is 21.9 Å². The second-order valence-electron chi connectivity index (χ2n) is 9.02. The molecule has 1 heterocycles. The molecular weight excluding hydrogens is 455 g/mol. The molecule has 0 fully saturated rings. The normalized spacial score (nSPS) is 18.2. The molecule has 6 rings (SSSR count). The standard InChI is InChI=1S/C30H23O4P/c1-30(22-13-16-24(31)17-14-22,23-12-10-21-19-25(32)15-11-20(21)18-23)35(33)29-9-5-3-7-27(29)26-6-2-4-8-28(26)34-35/h2-19,31-32H,1H3. The van der Waals surface area contributed by atoms with Gasteiger partial charge in [0.1, 0.15) is 22.4 Å². The summed E-state index contributed by atoms with van der Waals surface area (Å²) >= 11 is 0. The molecule has 0 saturated carbocycles.